The van der Waals surface area contributed by atoms with E-state index in [1.54, 1.807) is 13.1 Å². The molecule has 0 aliphatic carbocycles. The van der Waals surface area contributed by atoms with Gasteiger partial charge < -0.3 is 9.80 Å². The normalized spacial score (nSPS) is 22.5. The summed E-state index contributed by atoms with van der Waals surface area (Å²) in [5, 5.41) is 0. The maximum atomic E-state index is 12.8. The number of pyridine rings is 1. The molecule has 0 bridgehead atoms. The third-order valence-corrected chi connectivity index (χ3v) is 5.14. The second kappa shape index (κ2) is 7.30. The lowest BCUT2D eigenvalue weighted by atomic mass is 10.0. The van der Waals surface area contributed by atoms with Gasteiger partial charge in [-0.15, -0.1) is 0 Å². The van der Waals surface area contributed by atoms with E-state index in [2.05, 4.69) is 16.9 Å². The molecule has 2 aliphatic rings. The van der Waals surface area contributed by atoms with Gasteiger partial charge in [-0.3, -0.25) is 19.5 Å². The molecule has 0 saturated carbocycles. The molecule has 2 saturated heterocycles. The van der Waals surface area contributed by atoms with Gasteiger partial charge in [-0.2, -0.15) is 0 Å². The maximum absolute atomic E-state index is 12.8. The van der Waals surface area contributed by atoms with Gasteiger partial charge in [0.25, 0.3) is 5.91 Å². The van der Waals surface area contributed by atoms with Gasteiger partial charge >= 0.3 is 0 Å². The number of carbonyl (C=O) groups is 2. The molecule has 1 aromatic rings. The molecule has 130 valence electrons. The van der Waals surface area contributed by atoms with Crippen molar-refractivity contribution in [2.45, 2.75) is 32.2 Å². The lowest BCUT2D eigenvalue weighted by molar-refractivity contribution is -0.128. The number of aromatic nitrogens is 1. The molecule has 6 nitrogen and oxygen atoms in total. The van der Waals surface area contributed by atoms with Gasteiger partial charge in [-0.25, -0.2) is 0 Å². The number of rotatable bonds is 2. The fourth-order valence-corrected chi connectivity index (χ4v) is 3.70. The molecular formula is C18H26N4O2. The summed E-state index contributed by atoms with van der Waals surface area (Å²) in [5.41, 5.74) is 1.69. The predicted octanol–water partition coefficient (Wildman–Crippen LogP) is 1.54. The van der Waals surface area contributed by atoms with Gasteiger partial charge in [0.05, 0.1) is 0 Å². The van der Waals surface area contributed by atoms with Crippen LogP contribution in [0.1, 0.15) is 48.3 Å². The summed E-state index contributed by atoms with van der Waals surface area (Å²) in [6.07, 6.45) is 4.88. The second-order valence-corrected chi connectivity index (χ2v) is 6.76. The average molecular weight is 330 g/mol. The van der Waals surface area contributed by atoms with E-state index < -0.39 is 0 Å². The van der Waals surface area contributed by atoms with Crippen molar-refractivity contribution in [3.05, 3.63) is 29.6 Å². The Labute approximate surface area is 143 Å². The molecule has 2 aliphatic heterocycles. The predicted molar refractivity (Wildman–Crippen MR) is 91.6 cm³/mol. The van der Waals surface area contributed by atoms with Crippen LogP contribution in [0.4, 0.5) is 0 Å². The highest BCUT2D eigenvalue weighted by Gasteiger charge is 2.25. The summed E-state index contributed by atoms with van der Waals surface area (Å²) >= 11 is 0. The maximum Gasteiger partial charge on any atom is 0.272 e. The fraction of sp³-hybridized carbons (Fsp3) is 0.611. The van der Waals surface area contributed by atoms with E-state index in [1.807, 2.05) is 21.9 Å². The summed E-state index contributed by atoms with van der Waals surface area (Å²) in [4.78, 5) is 34.6. The van der Waals surface area contributed by atoms with Crippen LogP contribution >= 0.6 is 0 Å². The third-order valence-electron chi connectivity index (χ3n) is 5.14. The Bertz CT molecular complexity index is 619. The zero-order valence-corrected chi connectivity index (χ0v) is 14.6. The van der Waals surface area contributed by atoms with Gasteiger partial charge in [0.15, 0.2) is 0 Å². The van der Waals surface area contributed by atoms with Crippen LogP contribution in [0.3, 0.4) is 0 Å². The van der Waals surface area contributed by atoms with Crippen LogP contribution in [-0.2, 0) is 4.79 Å². The Hall–Kier alpha value is -1.95. The van der Waals surface area contributed by atoms with E-state index in [4.69, 9.17) is 0 Å². The van der Waals surface area contributed by atoms with Crippen LogP contribution in [0.5, 0.6) is 0 Å². The first-order valence-corrected chi connectivity index (χ1v) is 8.77. The van der Waals surface area contributed by atoms with Crippen LogP contribution in [0.25, 0.3) is 0 Å². The molecule has 24 heavy (non-hydrogen) atoms. The van der Waals surface area contributed by atoms with Crippen molar-refractivity contribution in [2.75, 3.05) is 39.8 Å². The van der Waals surface area contributed by atoms with E-state index in [1.165, 1.54) is 12.0 Å². The largest absolute Gasteiger partial charge is 0.341 e. The zero-order chi connectivity index (χ0) is 17.1. The van der Waals surface area contributed by atoms with Gasteiger partial charge in [0.2, 0.25) is 5.91 Å². The molecule has 0 radical (unpaired) electrons. The molecule has 1 aromatic heterocycles. The highest BCUT2D eigenvalue weighted by Crippen LogP contribution is 2.30. The summed E-state index contributed by atoms with van der Waals surface area (Å²) in [6.45, 7) is 5.26. The highest BCUT2D eigenvalue weighted by atomic mass is 16.2. The van der Waals surface area contributed by atoms with Crippen molar-refractivity contribution in [3.8, 4) is 0 Å². The first-order valence-electron chi connectivity index (χ1n) is 8.77. The number of carbonyl (C=O) groups excluding carboxylic acids is 2. The average Bonchev–Trinajstić information content (AvgIpc) is 2.85. The Morgan fingerprint density at radius 1 is 1.08 bits per heavy atom. The number of nitrogens with zero attached hydrogens (tertiary/aromatic N) is 4. The molecule has 0 unspecified atom stereocenters. The minimum atomic E-state index is -0.0251. The minimum Gasteiger partial charge on any atom is -0.341 e. The molecule has 6 heteroatoms. The molecule has 3 heterocycles. The van der Waals surface area contributed by atoms with E-state index in [-0.39, 0.29) is 11.8 Å². The van der Waals surface area contributed by atoms with Crippen molar-refractivity contribution in [2.24, 2.45) is 0 Å². The number of likely N-dealkylation sites (tertiary alicyclic amines) is 1. The minimum absolute atomic E-state index is 0.0251. The summed E-state index contributed by atoms with van der Waals surface area (Å²) in [5.74, 6) is 0.0524. The van der Waals surface area contributed by atoms with Crippen molar-refractivity contribution < 1.29 is 9.59 Å². The molecule has 0 N–H and O–H groups in total. The van der Waals surface area contributed by atoms with Crippen LogP contribution in [0.2, 0.25) is 0 Å². The van der Waals surface area contributed by atoms with Crippen LogP contribution in [-0.4, -0.2) is 71.3 Å². The van der Waals surface area contributed by atoms with Crippen LogP contribution < -0.4 is 0 Å². The Kier molecular flexibility index (Phi) is 5.14. The standard InChI is InChI=1S/C18H26N4O2/c1-14(23)21-9-4-10-22(12-11-21)18(24)16-13-15(6-7-19-16)17-5-3-8-20(17)2/h6-7,13,17H,3-5,8-12H2,1-2H3/t17-/m1/s1. The molecule has 3 rings (SSSR count). The van der Waals surface area contributed by atoms with Gasteiger partial charge in [-0.1, -0.05) is 0 Å². The van der Waals surface area contributed by atoms with Crippen molar-refractivity contribution in [1.29, 1.82) is 0 Å². The van der Waals surface area contributed by atoms with Gasteiger partial charge in [0, 0.05) is 45.3 Å². The summed E-state index contributed by atoms with van der Waals surface area (Å²) in [7, 11) is 2.13. The quantitative estimate of drug-likeness (QED) is 0.825. The fourth-order valence-electron chi connectivity index (χ4n) is 3.70. The zero-order valence-electron chi connectivity index (χ0n) is 14.6. The SMILES string of the molecule is CC(=O)N1CCCN(C(=O)c2cc([C@H]3CCCN3C)ccn2)CC1. The van der Waals surface area contributed by atoms with Crippen LogP contribution in [0, 0.1) is 0 Å². The molecule has 2 amide bonds. The number of hydrogen-bond donors (Lipinski definition) is 0. The first-order chi connectivity index (χ1) is 11.6. The molecule has 1 atom stereocenters. The topological polar surface area (TPSA) is 56.8 Å². The lowest BCUT2D eigenvalue weighted by Crippen LogP contribution is -2.36. The Morgan fingerprint density at radius 3 is 2.54 bits per heavy atom. The molecule has 0 aromatic carbocycles. The van der Waals surface area contributed by atoms with E-state index in [0.717, 1.165) is 25.9 Å². The third kappa shape index (κ3) is 3.59. The molecule has 0 spiro atoms. The van der Waals surface area contributed by atoms with Crippen molar-refractivity contribution in [3.63, 3.8) is 0 Å². The monoisotopic (exact) mass is 330 g/mol. The second-order valence-electron chi connectivity index (χ2n) is 6.76. The van der Waals surface area contributed by atoms with Gasteiger partial charge in [-0.05, 0) is 50.6 Å². The van der Waals surface area contributed by atoms with Crippen molar-refractivity contribution in [1.82, 2.24) is 19.7 Å². The number of hydrogen-bond acceptors (Lipinski definition) is 4. The van der Waals surface area contributed by atoms with Crippen LogP contribution in [0.15, 0.2) is 18.3 Å². The van der Waals surface area contributed by atoms with Crippen molar-refractivity contribution >= 4 is 11.8 Å². The van der Waals surface area contributed by atoms with E-state index in [0.29, 0.717) is 31.4 Å². The Morgan fingerprint density at radius 2 is 1.83 bits per heavy atom. The lowest BCUT2D eigenvalue weighted by Gasteiger charge is -2.23. The molecular weight excluding hydrogens is 304 g/mol. The smallest absolute Gasteiger partial charge is 0.272 e. The summed E-state index contributed by atoms with van der Waals surface area (Å²) in [6, 6.07) is 4.35. The molecule has 2 fully saturated rings. The first kappa shape index (κ1) is 16.9. The summed E-state index contributed by atoms with van der Waals surface area (Å²) < 4.78 is 0. The van der Waals surface area contributed by atoms with E-state index in [9.17, 15) is 9.59 Å². The highest BCUT2D eigenvalue weighted by molar-refractivity contribution is 5.92. The van der Waals surface area contributed by atoms with E-state index >= 15 is 0 Å². The number of amides is 2. The Balaban J connectivity index is 1.72. The van der Waals surface area contributed by atoms with Gasteiger partial charge in [0.1, 0.15) is 5.69 Å².